The molecule has 3 saturated heterocycles. The third-order valence-corrected chi connectivity index (χ3v) is 5.21. The molecule has 3 fully saturated rings. The smallest absolute Gasteiger partial charge is 0.336 e. The number of hydrogen-bond donors (Lipinski definition) is 1. The Morgan fingerprint density at radius 1 is 1.24 bits per heavy atom. The van der Waals surface area contributed by atoms with E-state index in [1.54, 1.807) is 12.1 Å². The number of rotatable bonds is 5. The van der Waals surface area contributed by atoms with Crippen LogP contribution < -0.4 is 0 Å². The predicted octanol–water partition coefficient (Wildman–Crippen LogP) is 2.77. The molecule has 2 atom stereocenters. The van der Waals surface area contributed by atoms with E-state index in [1.165, 1.54) is 5.57 Å². The first kappa shape index (κ1) is 17.7. The average Bonchev–Trinajstić information content (AvgIpc) is 2.83. The molecule has 0 aliphatic carbocycles. The van der Waals surface area contributed by atoms with Gasteiger partial charge in [-0.2, -0.15) is 0 Å². The van der Waals surface area contributed by atoms with Gasteiger partial charge in [0, 0.05) is 32.2 Å². The van der Waals surface area contributed by atoms with E-state index in [1.807, 2.05) is 17.0 Å². The third kappa shape index (κ3) is 3.93. The molecule has 134 valence electrons. The van der Waals surface area contributed by atoms with Crippen molar-refractivity contribution in [2.75, 3.05) is 19.6 Å². The minimum Gasteiger partial charge on any atom is -0.478 e. The number of benzene rings is 1. The van der Waals surface area contributed by atoms with Gasteiger partial charge in [-0.3, -0.25) is 9.69 Å². The average molecular weight is 342 g/mol. The molecule has 2 bridgehead atoms. The minimum absolute atomic E-state index is 0.0290. The molecule has 0 radical (unpaired) electrons. The topological polar surface area (TPSA) is 60.9 Å². The molecule has 1 N–H and O–H groups in total. The van der Waals surface area contributed by atoms with Crippen molar-refractivity contribution in [3.63, 3.8) is 0 Å². The SMILES string of the molecule is CC(C)=CCN1C(=O)[C@H]2CC[C@@H]1CN(Cc1ccccc1C(=O)O)C2. The number of hydrogen-bond acceptors (Lipinski definition) is 3. The number of carboxylic acid groups (broad SMARTS) is 1. The summed E-state index contributed by atoms with van der Waals surface area (Å²) in [6, 6.07) is 7.37. The van der Waals surface area contributed by atoms with Crippen LogP contribution in [0, 0.1) is 5.92 Å². The summed E-state index contributed by atoms with van der Waals surface area (Å²) in [4.78, 5) is 28.5. The highest BCUT2D eigenvalue weighted by Crippen LogP contribution is 2.30. The molecule has 0 spiro atoms. The summed E-state index contributed by atoms with van der Waals surface area (Å²) in [5.41, 5.74) is 2.39. The van der Waals surface area contributed by atoms with E-state index in [-0.39, 0.29) is 17.9 Å². The van der Waals surface area contributed by atoms with E-state index in [2.05, 4.69) is 24.8 Å². The first-order valence-electron chi connectivity index (χ1n) is 8.93. The summed E-state index contributed by atoms with van der Waals surface area (Å²) < 4.78 is 0. The van der Waals surface area contributed by atoms with Gasteiger partial charge in [-0.25, -0.2) is 4.79 Å². The van der Waals surface area contributed by atoms with Crippen LogP contribution in [0.3, 0.4) is 0 Å². The Morgan fingerprint density at radius 3 is 2.72 bits per heavy atom. The first-order chi connectivity index (χ1) is 12.0. The molecule has 1 amide bonds. The predicted molar refractivity (Wildman–Crippen MR) is 96.3 cm³/mol. The van der Waals surface area contributed by atoms with Crippen LogP contribution in [0.5, 0.6) is 0 Å². The highest BCUT2D eigenvalue weighted by atomic mass is 16.4. The fourth-order valence-electron chi connectivity index (χ4n) is 3.89. The van der Waals surface area contributed by atoms with E-state index in [9.17, 15) is 14.7 Å². The fourth-order valence-corrected chi connectivity index (χ4v) is 3.89. The highest BCUT2D eigenvalue weighted by molar-refractivity contribution is 5.89. The maximum atomic E-state index is 12.8. The van der Waals surface area contributed by atoms with Gasteiger partial charge in [0.15, 0.2) is 0 Å². The van der Waals surface area contributed by atoms with Crippen LogP contribution in [0.25, 0.3) is 0 Å². The van der Waals surface area contributed by atoms with Gasteiger partial charge in [0.05, 0.1) is 11.5 Å². The number of piperidine rings is 1. The Balaban J connectivity index is 1.77. The van der Waals surface area contributed by atoms with Crippen molar-refractivity contribution < 1.29 is 14.7 Å². The summed E-state index contributed by atoms with van der Waals surface area (Å²) >= 11 is 0. The molecule has 25 heavy (non-hydrogen) atoms. The molecule has 1 aromatic rings. The summed E-state index contributed by atoms with van der Waals surface area (Å²) in [5, 5.41) is 9.39. The molecule has 3 aliphatic rings. The first-order valence-corrected chi connectivity index (χ1v) is 8.93. The zero-order chi connectivity index (χ0) is 18.0. The number of carbonyl (C=O) groups excluding carboxylic acids is 1. The molecule has 3 aliphatic heterocycles. The van der Waals surface area contributed by atoms with Crippen LogP contribution in [0.4, 0.5) is 0 Å². The second-order valence-corrected chi connectivity index (χ2v) is 7.36. The van der Waals surface area contributed by atoms with Gasteiger partial charge in [0.1, 0.15) is 0 Å². The Morgan fingerprint density at radius 2 is 2.00 bits per heavy atom. The number of fused-ring (bicyclic) bond motifs is 4. The van der Waals surface area contributed by atoms with Gasteiger partial charge in [0.2, 0.25) is 5.91 Å². The van der Waals surface area contributed by atoms with Crippen LogP contribution >= 0.6 is 0 Å². The Bertz CT molecular complexity index is 694. The maximum Gasteiger partial charge on any atom is 0.336 e. The van der Waals surface area contributed by atoms with Gasteiger partial charge in [-0.15, -0.1) is 0 Å². The van der Waals surface area contributed by atoms with Crippen LogP contribution in [0.1, 0.15) is 42.6 Å². The van der Waals surface area contributed by atoms with Gasteiger partial charge in [0.25, 0.3) is 0 Å². The molecular formula is C20H26N2O3. The maximum absolute atomic E-state index is 12.8. The molecule has 3 heterocycles. The highest BCUT2D eigenvalue weighted by Gasteiger charge is 2.40. The molecule has 5 heteroatoms. The second-order valence-electron chi connectivity index (χ2n) is 7.36. The van der Waals surface area contributed by atoms with Gasteiger partial charge >= 0.3 is 5.97 Å². The zero-order valence-corrected chi connectivity index (χ0v) is 14.9. The van der Waals surface area contributed by atoms with Crippen LogP contribution in [-0.2, 0) is 11.3 Å². The molecule has 5 nitrogen and oxygen atoms in total. The lowest BCUT2D eigenvalue weighted by molar-refractivity contribution is -0.139. The molecule has 0 saturated carbocycles. The summed E-state index contributed by atoms with van der Waals surface area (Å²) in [5.74, 6) is -0.612. The molecule has 4 rings (SSSR count). The van der Waals surface area contributed by atoms with Crippen molar-refractivity contribution in [1.82, 2.24) is 9.80 Å². The van der Waals surface area contributed by atoms with E-state index in [0.717, 1.165) is 24.9 Å². The Hall–Kier alpha value is -2.14. The molecular weight excluding hydrogens is 316 g/mol. The molecule has 0 aromatic heterocycles. The largest absolute Gasteiger partial charge is 0.478 e. The zero-order valence-electron chi connectivity index (χ0n) is 14.9. The van der Waals surface area contributed by atoms with E-state index < -0.39 is 5.97 Å². The van der Waals surface area contributed by atoms with Crippen molar-refractivity contribution in [1.29, 1.82) is 0 Å². The van der Waals surface area contributed by atoms with Crippen molar-refractivity contribution >= 4 is 11.9 Å². The van der Waals surface area contributed by atoms with Crippen LogP contribution in [0.2, 0.25) is 0 Å². The number of amides is 1. The monoisotopic (exact) mass is 342 g/mol. The van der Waals surface area contributed by atoms with Crippen molar-refractivity contribution in [3.05, 3.63) is 47.0 Å². The van der Waals surface area contributed by atoms with E-state index in [0.29, 0.717) is 25.2 Å². The van der Waals surface area contributed by atoms with Gasteiger partial charge < -0.3 is 10.0 Å². The standard InChI is InChI=1S/C20H26N2O3/c1-14(2)9-10-22-17-8-7-16(19(22)23)12-21(13-17)11-15-5-3-4-6-18(15)20(24)25/h3-6,9,16-17H,7-8,10-13H2,1-2H3,(H,24,25)/t16-,17+/m0/s1. The number of nitrogens with zero attached hydrogens (tertiary/aromatic N) is 2. The number of carboxylic acids is 1. The fraction of sp³-hybridized carbons (Fsp3) is 0.500. The van der Waals surface area contributed by atoms with Crippen molar-refractivity contribution in [2.24, 2.45) is 5.92 Å². The Kier molecular flexibility index (Phi) is 5.23. The van der Waals surface area contributed by atoms with Crippen LogP contribution in [-0.4, -0.2) is 52.5 Å². The van der Waals surface area contributed by atoms with Gasteiger partial charge in [-0.05, 0) is 38.3 Å². The quantitative estimate of drug-likeness (QED) is 0.836. The lowest BCUT2D eigenvalue weighted by atomic mass is 9.94. The summed E-state index contributed by atoms with van der Waals surface area (Å²) in [6.45, 7) is 6.90. The van der Waals surface area contributed by atoms with Crippen molar-refractivity contribution in [3.8, 4) is 0 Å². The van der Waals surface area contributed by atoms with Crippen molar-refractivity contribution in [2.45, 2.75) is 39.3 Å². The molecule has 0 unspecified atom stereocenters. The number of aromatic carboxylic acids is 1. The van der Waals surface area contributed by atoms with E-state index >= 15 is 0 Å². The van der Waals surface area contributed by atoms with E-state index in [4.69, 9.17) is 0 Å². The number of allylic oxidation sites excluding steroid dienone is 1. The number of carbonyl (C=O) groups is 2. The minimum atomic E-state index is -0.894. The molecule has 1 aromatic carbocycles. The normalized spacial score (nSPS) is 23.4. The summed E-state index contributed by atoms with van der Waals surface area (Å²) in [6.07, 6.45) is 4.08. The van der Waals surface area contributed by atoms with Gasteiger partial charge in [-0.1, -0.05) is 29.8 Å². The second kappa shape index (κ2) is 7.40. The summed E-state index contributed by atoms with van der Waals surface area (Å²) in [7, 11) is 0. The lowest BCUT2D eigenvalue weighted by Gasteiger charge is -2.35. The third-order valence-electron chi connectivity index (χ3n) is 5.21. The Labute approximate surface area is 148 Å². The van der Waals surface area contributed by atoms with Crippen LogP contribution in [0.15, 0.2) is 35.9 Å². The lowest BCUT2D eigenvalue weighted by Crippen LogP contribution is -2.47.